The van der Waals surface area contributed by atoms with Gasteiger partial charge in [-0.2, -0.15) is 0 Å². The van der Waals surface area contributed by atoms with Crippen molar-refractivity contribution in [2.75, 3.05) is 32.4 Å². The quantitative estimate of drug-likeness (QED) is 0.297. The molecule has 0 spiro atoms. The molecule has 1 aliphatic rings. The summed E-state index contributed by atoms with van der Waals surface area (Å²) in [6.45, 7) is 1.94. The average molecular weight is 480 g/mol. The molecule has 0 saturated carbocycles. The van der Waals surface area contributed by atoms with Crippen molar-refractivity contribution >= 4 is 29.2 Å². The second-order valence-corrected chi connectivity index (χ2v) is 8.18. The van der Waals surface area contributed by atoms with Gasteiger partial charge in [-0.25, -0.2) is 9.78 Å². The van der Waals surface area contributed by atoms with Crippen LogP contribution in [0.5, 0.6) is 11.5 Å². The van der Waals surface area contributed by atoms with E-state index in [9.17, 15) is 9.59 Å². The highest BCUT2D eigenvalue weighted by molar-refractivity contribution is 7.98. The molecule has 1 atom stereocenters. The van der Waals surface area contributed by atoms with E-state index < -0.39 is 11.9 Å². The number of rotatable bonds is 7. The number of nitrogens with one attached hydrogen (secondary N) is 2. The van der Waals surface area contributed by atoms with Gasteiger partial charge in [-0.3, -0.25) is 4.79 Å². The number of esters is 1. The first kappa shape index (κ1) is 23.4. The third-order valence-corrected chi connectivity index (χ3v) is 6.10. The second kappa shape index (κ2) is 10.0. The first-order valence-electron chi connectivity index (χ1n) is 10.7. The van der Waals surface area contributed by atoms with Crippen LogP contribution in [0.3, 0.4) is 0 Å². The van der Waals surface area contributed by atoms with Gasteiger partial charge in [0.05, 0.1) is 43.6 Å². The summed E-state index contributed by atoms with van der Waals surface area (Å²) in [6.07, 6.45) is 1.83. The lowest BCUT2D eigenvalue weighted by Crippen LogP contribution is -2.31. The van der Waals surface area contributed by atoms with Crippen LogP contribution in [-0.4, -0.2) is 43.0 Å². The minimum absolute atomic E-state index is 0.190. The highest BCUT2D eigenvalue weighted by atomic mass is 32.2. The zero-order chi connectivity index (χ0) is 24.2. The molecule has 0 radical (unpaired) electrons. The van der Waals surface area contributed by atoms with Gasteiger partial charge in [0.1, 0.15) is 5.82 Å². The Hall–Kier alpha value is -3.72. The highest BCUT2D eigenvalue weighted by Crippen LogP contribution is 2.44. The lowest BCUT2D eigenvalue weighted by Gasteiger charge is -2.30. The molecule has 176 valence electrons. The first-order valence-corrected chi connectivity index (χ1v) is 11.9. The predicted molar refractivity (Wildman–Crippen MR) is 132 cm³/mol. The zero-order valence-electron chi connectivity index (χ0n) is 19.3. The average Bonchev–Trinajstić information content (AvgIpc) is 2.87. The number of benzene rings is 2. The van der Waals surface area contributed by atoms with Gasteiger partial charge in [0, 0.05) is 0 Å². The Labute approximate surface area is 201 Å². The van der Waals surface area contributed by atoms with Crippen molar-refractivity contribution in [3.05, 3.63) is 81.1 Å². The Morgan fingerprint density at radius 1 is 1.09 bits per heavy atom. The molecule has 1 unspecified atom stereocenters. The van der Waals surface area contributed by atoms with Gasteiger partial charge in [-0.05, 0) is 36.4 Å². The number of fused-ring (bicyclic) bond motifs is 1. The Balaban J connectivity index is 2.06. The van der Waals surface area contributed by atoms with Crippen LogP contribution in [0.4, 0.5) is 5.82 Å². The van der Waals surface area contributed by atoms with Crippen molar-refractivity contribution < 1.29 is 19.0 Å². The second-order valence-electron chi connectivity index (χ2n) is 7.39. The molecule has 3 aromatic rings. The number of aromatic amines is 1. The van der Waals surface area contributed by atoms with Crippen LogP contribution in [0.25, 0.3) is 5.70 Å². The molecule has 2 heterocycles. The van der Waals surface area contributed by atoms with Gasteiger partial charge in [-0.1, -0.05) is 48.2 Å². The molecule has 2 aromatic carbocycles. The monoisotopic (exact) mass is 479 g/mol. The highest BCUT2D eigenvalue weighted by Gasteiger charge is 2.38. The summed E-state index contributed by atoms with van der Waals surface area (Å²) < 4.78 is 16.3. The molecule has 1 aliphatic heterocycles. The number of carbonyl (C=O) groups is 1. The zero-order valence-corrected chi connectivity index (χ0v) is 20.1. The third-order valence-electron chi connectivity index (χ3n) is 5.52. The number of aromatic nitrogens is 2. The van der Waals surface area contributed by atoms with E-state index in [0.29, 0.717) is 44.9 Å². The van der Waals surface area contributed by atoms with Crippen molar-refractivity contribution in [1.82, 2.24) is 9.97 Å². The van der Waals surface area contributed by atoms with E-state index in [1.807, 2.05) is 42.7 Å². The van der Waals surface area contributed by atoms with Crippen molar-refractivity contribution in [2.24, 2.45) is 0 Å². The summed E-state index contributed by atoms with van der Waals surface area (Å²) in [5.74, 6) is 0.134. The smallest absolute Gasteiger partial charge is 0.337 e. The van der Waals surface area contributed by atoms with E-state index in [0.717, 1.165) is 5.56 Å². The molecule has 0 saturated heterocycles. The lowest BCUT2D eigenvalue weighted by molar-refractivity contribution is -0.138. The van der Waals surface area contributed by atoms with E-state index in [1.165, 1.54) is 18.9 Å². The number of hydrogen-bond donors (Lipinski definition) is 2. The van der Waals surface area contributed by atoms with Crippen molar-refractivity contribution in [1.29, 1.82) is 0 Å². The molecule has 4 rings (SSSR count). The summed E-state index contributed by atoms with van der Waals surface area (Å²) >= 11 is 1.33. The normalized spacial score (nSPS) is 14.8. The van der Waals surface area contributed by atoms with E-state index >= 15 is 0 Å². The lowest BCUT2D eigenvalue weighted by atomic mass is 9.81. The summed E-state index contributed by atoms with van der Waals surface area (Å²) in [5.41, 5.74) is 2.28. The molecule has 0 aliphatic carbocycles. The van der Waals surface area contributed by atoms with Crippen LogP contribution < -0.4 is 20.3 Å². The minimum atomic E-state index is -0.752. The maximum atomic E-state index is 13.4. The minimum Gasteiger partial charge on any atom is -0.493 e. The number of methoxy groups -OCH3 is 2. The first-order chi connectivity index (χ1) is 16.5. The third kappa shape index (κ3) is 4.26. The molecule has 9 heteroatoms. The molecule has 0 bridgehead atoms. The Bertz CT molecular complexity index is 1300. The van der Waals surface area contributed by atoms with Gasteiger partial charge in [0.15, 0.2) is 16.7 Å². The molecule has 1 aromatic heterocycles. The Morgan fingerprint density at radius 2 is 1.82 bits per heavy atom. The number of nitrogens with zero attached hydrogens (tertiary/aromatic N) is 1. The van der Waals surface area contributed by atoms with E-state index in [1.54, 1.807) is 26.2 Å². The van der Waals surface area contributed by atoms with Gasteiger partial charge in [0.25, 0.3) is 5.56 Å². The number of H-pyrrole nitrogens is 1. The fraction of sp³-hybridized carbons (Fsp3) is 0.240. The fourth-order valence-corrected chi connectivity index (χ4v) is 4.40. The van der Waals surface area contributed by atoms with Crippen molar-refractivity contribution in [3.63, 3.8) is 0 Å². The summed E-state index contributed by atoms with van der Waals surface area (Å²) in [4.78, 5) is 34.1. The van der Waals surface area contributed by atoms with Crippen molar-refractivity contribution in [2.45, 2.75) is 18.0 Å². The predicted octanol–water partition coefficient (Wildman–Crippen LogP) is 4.04. The molecule has 2 N–H and O–H groups in total. The van der Waals surface area contributed by atoms with Gasteiger partial charge < -0.3 is 24.5 Å². The molecular formula is C25H25N3O5S. The van der Waals surface area contributed by atoms with Crippen LogP contribution in [-0.2, 0) is 9.53 Å². The van der Waals surface area contributed by atoms with Crippen LogP contribution in [0.1, 0.15) is 29.5 Å². The number of anilines is 1. The van der Waals surface area contributed by atoms with Crippen molar-refractivity contribution in [3.8, 4) is 11.5 Å². The van der Waals surface area contributed by atoms with Gasteiger partial charge >= 0.3 is 5.97 Å². The number of ether oxygens (including phenoxy) is 3. The van der Waals surface area contributed by atoms with E-state index in [2.05, 4.69) is 15.3 Å². The molecule has 0 fully saturated rings. The van der Waals surface area contributed by atoms with E-state index in [4.69, 9.17) is 14.2 Å². The fourth-order valence-electron chi connectivity index (χ4n) is 4.02. The van der Waals surface area contributed by atoms with Gasteiger partial charge in [0.2, 0.25) is 0 Å². The Morgan fingerprint density at radius 3 is 2.47 bits per heavy atom. The SMILES string of the molecule is CCOC(=O)C1=C(c2ccccc2)Nc2nc(SC)[nH]c(=O)c2C1c1ccc(OC)c(OC)c1. The summed E-state index contributed by atoms with van der Waals surface area (Å²) in [5, 5.41) is 3.71. The van der Waals surface area contributed by atoms with E-state index in [-0.39, 0.29) is 12.2 Å². The summed E-state index contributed by atoms with van der Waals surface area (Å²) in [6, 6.07) is 14.8. The van der Waals surface area contributed by atoms with Gasteiger partial charge in [-0.15, -0.1) is 0 Å². The molecule has 8 nitrogen and oxygen atoms in total. The van der Waals surface area contributed by atoms with Crippen LogP contribution in [0.15, 0.2) is 64.1 Å². The maximum Gasteiger partial charge on any atom is 0.337 e. The van der Waals surface area contributed by atoms with Crippen LogP contribution >= 0.6 is 11.8 Å². The van der Waals surface area contributed by atoms with Crippen LogP contribution in [0, 0.1) is 0 Å². The summed E-state index contributed by atoms with van der Waals surface area (Å²) in [7, 11) is 3.09. The molecule has 34 heavy (non-hydrogen) atoms. The Kier molecular flexibility index (Phi) is 6.93. The maximum absolute atomic E-state index is 13.4. The standard InChI is InChI=1S/C25H25N3O5S/c1-5-33-24(30)19-18(15-11-12-16(31-2)17(13-15)32-3)20-22(27-25(34-4)28-23(20)29)26-21(19)14-9-7-6-8-10-14/h6-13,18H,5H2,1-4H3,(H2,26,27,28,29). The number of hydrogen-bond acceptors (Lipinski definition) is 8. The van der Waals surface area contributed by atoms with Crippen LogP contribution in [0.2, 0.25) is 0 Å². The topological polar surface area (TPSA) is 103 Å². The largest absolute Gasteiger partial charge is 0.493 e. The molecule has 0 amide bonds. The molecular weight excluding hydrogens is 454 g/mol. The number of carbonyl (C=O) groups excluding carboxylic acids is 1. The number of thioether (sulfide) groups is 1.